The van der Waals surface area contributed by atoms with Gasteiger partial charge < -0.3 is 14.4 Å². The molecule has 0 aliphatic carbocycles. The zero-order chi connectivity index (χ0) is 17.1. The third-order valence-electron chi connectivity index (χ3n) is 3.91. The number of rotatable bonds is 5. The zero-order valence-corrected chi connectivity index (χ0v) is 14.9. The van der Waals surface area contributed by atoms with Crippen LogP contribution in [0.2, 0.25) is 0 Å². The summed E-state index contributed by atoms with van der Waals surface area (Å²) >= 11 is 1.58. The summed E-state index contributed by atoms with van der Waals surface area (Å²) in [5.41, 5.74) is 2.25. The zero-order valence-electron chi connectivity index (χ0n) is 14.1. The summed E-state index contributed by atoms with van der Waals surface area (Å²) < 4.78 is 10.7. The largest absolute Gasteiger partial charge is 0.454 e. The number of hydrogen-bond acceptors (Lipinski definition) is 4. The number of aryl methyl sites for hydroxylation is 1. The van der Waals surface area contributed by atoms with Crippen LogP contribution in [-0.2, 0) is 11.3 Å². The van der Waals surface area contributed by atoms with Gasteiger partial charge in [0.2, 0.25) is 12.7 Å². The van der Waals surface area contributed by atoms with E-state index in [4.69, 9.17) is 9.47 Å². The fourth-order valence-corrected chi connectivity index (χ4v) is 3.56. The molecular weight excluding hydrogens is 322 g/mol. The molecule has 0 fully saturated rings. The summed E-state index contributed by atoms with van der Waals surface area (Å²) in [7, 11) is 1.83. The van der Waals surface area contributed by atoms with E-state index in [1.807, 2.05) is 32.2 Å². The van der Waals surface area contributed by atoms with Crippen molar-refractivity contribution in [1.29, 1.82) is 0 Å². The molecule has 4 nitrogen and oxygen atoms in total. The van der Waals surface area contributed by atoms with Crippen LogP contribution in [0.4, 0.5) is 0 Å². The van der Waals surface area contributed by atoms with Crippen LogP contribution < -0.4 is 9.47 Å². The number of carbonyl (C=O) groups is 1. The number of nitrogens with zero attached hydrogens (tertiary/aromatic N) is 1. The first-order valence-corrected chi connectivity index (χ1v) is 8.78. The molecule has 1 unspecified atom stereocenters. The van der Waals surface area contributed by atoms with Crippen molar-refractivity contribution in [3.8, 4) is 11.5 Å². The van der Waals surface area contributed by atoms with Crippen molar-refractivity contribution in [2.45, 2.75) is 30.5 Å². The minimum atomic E-state index is -0.133. The summed E-state index contributed by atoms with van der Waals surface area (Å²) in [4.78, 5) is 15.5. The fourth-order valence-electron chi connectivity index (χ4n) is 2.57. The van der Waals surface area contributed by atoms with E-state index >= 15 is 0 Å². The van der Waals surface area contributed by atoms with Gasteiger partial charge in [-0.05, 0) is 43.7 Å². The van der Waals surface area contributed by atoms with Crippen molar-refractivity contribution in [2.24, 2.45) is 0 Å². The van der Waals surface area contributed by atoms with E-state index in [-0.39, 0.29) is 18.0 Å². The van der Waals surface area contributed by atoms with E-state index < -0.39 is 0 Å². The molecular formula is C19H21NO3S. The predicted molar refractivity (Wildman–Crippen MR) is 95.5 cm³/mol. The molecule has 0 bridgehead atoms. The van der Waals surface area contributed by atoms with E-state index in [0.717, 1.165) is 22.0 Å². The molecule has 1 aliphatic rings. The molecule has 24 heavy (non-hydrogen) atoms. The van der Waals surface area contributed by atoms with Crippen LogP contribution in [0, 0.1) is 6.92 Å². The van der Waals surface area contributed by atoms with Crippen molar-refractivity contribution < 1.29 is 14.3 Å². The Morgan fingerprint density at radius 2 is 1.88 bits per heavy atom. The van der Waals surface area contributed by atoms with E-state index in [9.17, 15) is 4.79 Å². The highest BCUT2D eigenvalue weighted by molar-refractivity contribution is 8.00. The van der Waals surface area contributed by atoms with Crippen LogP contribution in [0.15, 0.2) is 47.4 Å². The molecule has 1 aliphatic heterocycles. The number of hydrogen-bond donors (Lipinski definition) is 0. The Bertz CT molecular complexity index is 730. The number of benzene rings is 2. The van der Waals surface area contributed by atoms with Gasteiger partial charge in [0.25, 0.3) is 0 Å². The van der Waals surface area contributed by atoms with Crippen molar-refractivity contribution in [1.82, 2.24) is 4.90 Å². The predicted octanol–water partition coefficient (Wildman–Crippen LogP) is 3.86. The van der Waals surface area contributed by atoms with Gasteiger partial charge in [-0.15, -0.1) is 11.8 Å². The minimum Gasteiger partial charge on any atom is -0.454 e. The number of thioether (sulfide) groups is 1. The number of ether oxygens (including phenoxy) is 2. The standard InChI is InChI=1S/C19H21NO3S/c1-13-4-7-16(8-5-13)24-14(2)19(21)20(3)11-15-6-9-17-18(10-15)23-12-22-17/h4-10,14H,11-12H2,1-3H3. The first kappa shape index (κ1) is 16.7. The maximum absolute atomic E-state index is 12.6. The van der Waals surface area contributed by atoms with Gasteiger partial charge in [0, 0.05) is 18.5 Å². The van der Waals surface area contributed by atoms with Gasteiger partial charge in [0.1, 0.15) is 0 Å². The molecule has 0 spiro atoms. The summed E-state index contributed by atoms with van der Waals surface area (Å²) in [5, 5.41) is -0.133. The Balaban J connectivity index is 1.60. The lowest BCUT2D eigenvalue weighted by molar-refractivity contribution is -0.129. The second-order valence-electron chi connectivity index (χ2n) is 5.96. The molecule has 1 heterocycles. The summed E-state index contributed by atoms with van der Waals surface area (Å²) in [6.07, 6.45) is 0. The Kier molecular flexibility index (Phi) is 5.00. The smallest absolute Gasteiger partial charge is 0.235 e. The van der Waals surface area contributed by atoms with Gasteiger partial charge in [-0.1, -0.05) is 23.8 Å². The lowest BCUT2D eigenvalue weighted by Gasteiger charge is -2.21. The lowest BCUT2D eigenvalue weighted by Crippen LogP contribution is -2.32. The highest BCUT2D eigenvalue weighted by Crippen LogP contribution is 2.33. The van der Waals surface area contributed by atoms with Gasteiger partial charge >= 0.3 is 0 Å². The van der Waals surface area contributed by atoms with Crippen molar-refractivity contribution >= 4 is 17.7 Å². The summed E-state index contributed by atoms with van der Waals surface area (Å²) in [6, 6.07) is 14.0. The van der Waals surface area contributed by atoms with Crippen LogP contribution in [0.1, 0.15) is 18.1 Å². The average molecular weight is 343 g/mol. The van der Waals surface area contributed by atoms with Crippen molar-refractivity contribution in [3.63, 3.8) is 0 Å². The summed E-state index contributed by atoms with van der Waals surface area (Å²) in [5.74, 6) is 1.62. The third kappa shape index (κ3) is 3.85. The number of fused-ring (bicyclic) bond motifs is 1. The van der Waals surface area contributed by atoms with Crippen LogP contribution in [-0.4, -0.2) is 29.9 Å². The SMILES string of the molecule is Cc1ccc(SC(C)C(=O)N(C)Cc2ccc3c(c2)OCO3)cc1. The van der Waals surface area contributed by atoms with Crippen LogP contribution in [0.3, 0.4) is 0 Å². The molecule has 0 aromatic heterocycles. The lowest BCUT2D eigenvalue weighted by atomic mass is 10.2. The highest BCUT2D eigenvalue weighted by Gasteiger charge is 2.20. The molecule has 3 rings (SSSR count). The van der Waals surface area contributed by atoms with Crippen LogP contribution >= 0.6 is 11.8 Å². The number of carbonyl (C=O) groups excluding carboxylic acids is 1. The monoisotopic (exact) mass is 343 g/mol. The summed E-state index contributed by atoms with van der Waals surface area (Å²) in [6.45, 7) is 4.82. The van der Waals surface area contributed by atoms with Gasteiger partial charge in [0.05, 0.1) is 5.25 Å². The second kappa shape index (κ2) is 7.18. The van der Waals surface area contributed by atoms with Gasteiger partial charge in [-0.25, -0.2) is 0 Å². The Morgan fingerprint density at radius 1 is 1.17 bits per heavy atom. The molecule has 1 atom stereocenters. The fraction of sp³-hybridized carbons (Fsp3) is 0.316. The van der Waals surface area contributed by atoms with E-state index in [1.54, 1.807) is 16.7 Å². The Morgan fingerprint density at radius 3 is 2.62 bits per heavy atom. The topological polar surface area (TPSA) is 38.8 Å². The maximum atomic E-state index is 12.6. The van der Waals surface area contributed by atoms with Crippen molar-refractivity contribution in [3.05, 3.63) is 53.6 Å². The molecule has 2 aromatic carbocycles. The normalized spacial score (nSPS) is 13.6. The van der Waals surface area contributed by atoms with Gasteiger partial charge in [-0.2, -0.15) is 0 Å². The maximum Gasteiger partial charge on any atom is 0.235 e. The molecule has 0 radical (unpaired) electrons. The molecule has 126 valence electrons. The minimum absolute atomic E-state index is 0.109. The first-order chi connectivity index (χ1) is 11.5. The van der Waals surface area contributed by atoms with Crippen molar-refractivity contribution in [2.75, 3.05) is 13.8 Å². The third-order valence-corrected chi connectivity index (χ3v) is 5.01. The highest BCUT2D eigenvalue weighted by atomic mass is 32.2. The Labute approximate surface area is 146 Å². The molecule has 0 saturated carbocycles. The van der Waals surface area contributed by atoms with Crippen LogP contribution in [0.25, 0.3) is 0 Å². The van der Waals surface area contributed by atoms with Gasteiger partial charge in [0.15, 0.2) is 11.5 Å². The number of amides is 1. The second-order valence-corrected chi connectivity index (χ2v) is 7.37. The molecule has 0 saturated heterocycles. The molecule has 2 aromatic rings. The molecule has 5 heteroatoms. The molecule has 1 amide bonds. The van der Waals surface area contributed by atoms with E-state index in [2.05, 4.69) is 31.2 Å². The first-order valence-electron chi connectivity index (χ1n) is 7.90. The van der Waals surface area contributed by atoms with E-state index in [1.165, 1.54) is 5.56 Å². The molecule has 0 N–H and O–H groups in total. The Hall–Kier alpha value is -2.14. The quantitative estimate of drug-likeness (QED) is 0.773. The average Bonchev–Trinajstić information content (AvgIpc) is 3.03. The van der Waals surface area contributed by atoms with Crippen LogP contribution in [0.5, 0.6) is 11.5 Å². The van der Waals surface area contributed by atoms with E-state index in [0.29, 0.717) is 6.54 Å². The van der Waals surface area contributed by atoms with Gasteiger partial charge in [-0.3, -0.25) is 4.79 Å².